The number of ether oxygens (including phenoxy) is 5. The minimum Gasteiger partial charge on any atom is -0.454 e. The lowest BCUT2D eigenvalue weighted by atomic mass is 9.82. The van der Waals surface area contributed by atoms with E-state index in [9.17, 15) is 56.0 Å². The van der Waals surface area contributed by atoms with E-state index in [0.29, 0.717) is 75.2 Å². The molecule has 8 rings (SSSR count). The smallest absolute Gasteiger partial charge is 0.454 e. The maximum Gasteiger partial charge on any atom is 0.458 e. The molecule has 3 saturated heterocycles. The number of alkyl halides is 6. The summed E-state index contributed by atoms with van der Waals surface area (Å²) >= 11 is 0. The summed E-state index contributed by atoms with van der Waals surface area (Å²) in [7, 11) is 0. The second kappa shape index (κ2) is 22.4. The Balaban J connectivity index is 0.000000186. The highest BCUT2D eigenvalue weighted by atomic mass is 19.4. The average Bonchev–Trinajstić information content (AvgIpc) is 3.99. The molecule has 2 aromatic carbocycles. The average molecular weight is 973 g/mol. The van der Waals surface area contributed by atoms with Crippen LogP contribution in [0.5, 0.6) is 23.0 Å². The van der Waals surface area contributed by atoms with Crippen molar-refractivity contribution >= 4 is 23.2 Å². The van der Waals surface area contributed by atoms with Crippen LogP contribution in [0.15, 0.2) is 42.5 Å². The number of amides is 1. The molecule has 68 heavy (non-hydrogen) atoms. The number of likely N-dealkylation sites (tertiary alicyclic amines) is 2. The number of carbonyl (C=O) groups is 3. The van der Waals surface area contributed by atoms with Gasteiger partial charge in [-0.2, -0.15) is 26.3 Å². The molecule has 378 valence electrons. The molecule has 0 aliphatic carbocycles. The molecule has 2 aromatic rings. The first kappa shape index (κ1) is 52.7. The number of aliphatic hydroxyl groups is 3. The summed E-state index contributed by atoms with van der Waals surface area (Å²) in [6, 6.07) is 12.2. The Hall–Kier alpha value is -4.67. The summed E-state index contributed by atoms with van der Waals surface area (Å²) in [4.78, 5) is 38.1. The number of halogens is 6. The minimum absolute atomic E-state index is 0.0390. The third-order valence-electron chi connectivity index (χ3n) is 13.2. The number of Topliss-reactive ketones (excluding diaryl/α,β-unsaturated/α-hetero) is 2. The van der Waals surface area contributed by atoms with Crippen LogP contribution in [-0.2, 0) is 19.9 Å². The van der Waals surface area contributed by atoms with Crippen molar-refractivity contribution < 1.29 is 79.7 Å². The molecule has 2 atom stereocenters. The highest BCUT2D eigenvalue weighted by molar-refractivity contribution is 6.41. The Labute approximate surface area is 391 Å². The number of fused-ring (bicyclic) bond motifs is 2. The number of rotatable bonds is 9. The lowest BCUT2D eigenvalue weighted by Crippen LogP contribution is -2.53. The molecule has 6 aliphatic heterocycles. The number of carbonyl (C=O) groups excluding carboxylic acids is 3. The fourth-order valence-corrected chi connectivity index (χ4v) is 9.45. The largest absolute Gasteiger partial charge is 0.458 e. The number of ketones is 2. The summed E-state index contributed by atoms with van der Waals surface area (Å²) in [5, 5.41) is 34.8. The number of hydrogen-bond donors (Lipinski definition) is 4. The molecule has 21 heteroatoms. The van der Waals surface area contributed by atoms with Crippen molar-refractivity contribution in [1.29, 1.82) is 0 Å². The van der Waals surface area contributed by atoms with E-state index in [1.807, 2.05) is 45.0 Å². The highest BCUT2D eigenvalue weighted by Crippen LogP contribution is 2.41. The van der Waals surface area contributed by atoms with Crippen molar-refractivity contribution in [3.8, 4) is 23.0 Å². The van der Waals surface area contributed by atoms with Crippen LogP contribution in [0.3, 0.4) is 0 Å². The Kier molecular flexibility index (Phi) is 17.4. The molecule has 0 bridgehead atoms. The second-order valence-corrected chi connectivity index (χ2v) is 18.7. The Morgan fingerprint density at radius 2 is 1.24 bits per heavy atom. The van der Waals surface area contributed by atoms with E-state index in [4.69, 9.17) is 23.7 Å². The molecule has 4 N–H and O–H groups in total. The monoisotopic (exact) mass is 972 g/mol. The highest BCUT2D eigenvalue weighted by Gasteiger charge is 2.54. The van der Waals surface area contributed by atoms with E-state index in [1.54, 1.807) is 4.90 Å². The summed E-state index contributed by atoms with van der Waals surface area (Å²) in [6.45, 7) is 13.3. The lowest BCUT2D eigenvalue weighted by molar-refractivity contribution is -0.193. The molecule has 1 amide bonds. The van der Waals surface area contributed by atoms with Gasteiger partial charge in [-0.1, -0.05) is 18.2 Å². The van der Waals surface area contributed by atoms with Gasteiger partial charge in [0.2, 0.25) is 13.6 Å². The Morgan fingerprint density at radius 3 is 1.75 bits per heavy atom. The molecule has 6 heterocycles. The van der Waals surface area contributed by atoms with Gasteiger partial charge < -0.3 is 49.2 Å². The summed E-state index contributed by atoms with van der Waals surface area (Å²) in [5.74, 6) is -2.81. The first-order valence-electron chi connectivity index (χ1n) is 22.9. The van der Waals surface area contributed by atoms with E-state index in [1.165, 1.54) is 24.0 Å². The molecule has 0 spiro atoms. The Morgan fingerprint density at radius 1 is 0.721 bits per heavy atom. The third kappa shape index (κ3) is 13.6. The summed E-state index contributed by atoms with van der Waals surface area (Å²) < 4.78 is 94.2. The van der Waals surface area contributed by atoms with E-state index in [2.05, 4.69) is 33.3 Å². The van der Waals surface area contributed by atoms with E-state index in [0.717, 1.165) is 62.5 Å². The van der Waals surface area contributed by atoms with Gasteiger partial charge in [0.15, 0.2) is 23.0 Å². The van der Waals surface area contributed by atoms with Crippen LogP contribution >= 0.6 is 0 Å². The molecule has 6 aliphatic rings. The molecule has 15 nitrogen and oxygen atoms in total. The van der Waals surface area contributed by atoms with Gasteiger partial charge >= 0.3 is 30.0 Å². The van der Waals surface area contributed by atoms with Gasteiger partial charge in [-0.3, -0.25) is 19.4 Å². The van der Waals surface area contributed by atoms with Gasteiger partial charge in [0.25, 0.3) is 0 Å². The van der Waals surface area contributed by atoms with Crippen molar-refractivity contribution in [2.45, 2.75) is 101 Å². The molecule has 0 saturated carbocycles. The van der Waals surface area contributed by atoms with Crippen LogP contribution in [0.25, 0.3) is 5.57 Å². The number of piperidine rings is 3. The van der Waals surface area contributed by atoms with Crippen LogP contribution < -0.4 is 24.3 Å². The van der Waals surface area contributed by atoms with Gasteiger partial charge in [0.1, 0.15) is 5.60 Å². The quantitative estimate of drug-likeness (QED) is 0.175. The SMILES string of the molecule is CC(C)(C)OC(=O)N1CCC(C(CO)N2CCC(O)(c3ccc4c(c3)OCO4)CC2)CC1.O=C(C(=O)C(F)(F)F)C(F)(F)F.OCC(C1CCNCC1)N1CC=C(c2ccc3c(c2)OCO3)CC1. The lowest BCUT2D eigenvalue weighted by Gasteiger charge is -2.45. The molecule has 3 fully saturated rings. The standard InChI is InChI=1S/C24H36N2O6.C19H26N2O3.C4F6O2/c1-23(2,3)32-22(28)26-10-6-17(7-11-26)19(15-27)25-12-8-24(29,9-13-25)18-4-5-20-21(14-18)31-16-30-20;22-12-17(15-3-7-20-8-4-15)21-9-5-14(6-10-21)16-1-2-18-19(11-16)24-13-23-18;5-3(6,7)1(11)2(12)4(8,9)10/h4-5,14,17,19,27,29H,6-13,15-16H2,1-3H3;1-2,5,11,15,17,20,22H,3-4,6-10,12-13H2;. The molecule has 2 unspecified atom stereocenters. The van der Waals surface area contributed by atoms with Gasteiger partial charge in [-0.15, -0.1) is 0 Å². The number of benzene rings is 2. The fourth-order valence-electron chi connectivity index (χ4n) is 9.45. The number of nitrogens with zero attached hydrogens (tertiary/aromatic N) is 3. The first-order valence-corrected chi connectivity index (χ1v) is 22.9. The predicted molar refractivity (Wildman–Crippen MR) is 234 cm³/mol. The first-order chi connectivity index (χ1) is 32.1. The van der Waals surface area contributed by atoms with E-state index in [-0.39, 0.29) is 32.1 Å². The van der Waals surface area contributed by atoms with Crippen LogP contribution in [0.1, 0.15) is 76.8 Å². The molecular formula is C47H62F6N4O11. The zero-order chi connectivity index (χ0) is 49.4. The maximum absolute atomic E-state index is 12.3. The predicted octanol–water partition coefficient (Wildman–Crippen LogP) is 5.82. The number of nitrogens with one attached hydrogen (secondary N) is 1. The van der Waals surface area contributed by atoms with Gasteiger partial charge in [-0.25, -0.2) is 4.79 Å². The van der Waals surface area contributed by atoms with Crippen LogP contribution in [0.4, 0.5) is 31.1 Å². The zero-order valence-electron chi connectivity index (χ0n) is 38.5. The number of hydrogen-bond acceptors (Lipinski definition) is 14. The minimum atomic E-state index is -5.77. The van der Waals surface area contributed by atoms with Crippen molar-refractivity contribution in [2.75, 3.05) is 79.2 Å². The second-order valence-electron chi connectivity index (χ2n) is 18.7. The topological polar surface area (TPSA) is 180 Å². The van der Waals surface area contributed by atoms with Crippen molar-refractivity contribution in [3.63, 3.8) is 0 Å². The van der Waals surface area contributed by atoms with Crippen molar-refractivity contribution in [1.82, 2.24) is 20.0 Å². The maximum atomic E-state index is 12.3. The molecular weight excluding hydrogens is 911 g/mol. The van der Waals surface area contributed by atoms with Crippen LogP contribution in [0, 0.1) is 11.8 Å². The normalized spacial score (nSPS) is 21.1. The van der Waals surface area contributed by atoms with Gasteiger partial charge in [0.05, 0.1) is 18.8 Å². The van der Waals surface area contributed by atoms with E-state index >= 15 is 0 Å². The van der Waals surface area contributed by atoms with Crippen LogP contribution in [0.2, 0.25) is 0 Å². The zero-order valence-corrected chi connectivity index (χ0v) is 38.5. The van der Waals surface area contributed by atoms with Crippen molar-refractivity contribution in [3.05, 3.63) is 53.6 Å². The molecule has 0 aromatic heterocycles. The van der Waals surface area contributed by atoms with E-state index < -0.39 is 35.1 Å². The van der Waals surface area contributed by atoms with Gasteiger partial charge in [-0.05, 0) is 132 Å². The summed E-state index contributed by atoms with van der Waals surface area (Å²) in [6.07, 6.45) is -3.27. The third-order valence-corrected chi connectivity index (χ3v) is 13.2. The van der Waals surface area contributed by atoms with Crippen molar-refractivity contribution in [2.24, 2.45) is 11.8 Å². The summed E-state index contributed by atoms with van der Waals surface area (Å²) in [5.41, 5.74) is 2.04. The number of aliphatic hydroxyl groups excluding tert-OH is 2. The molecule has 0 radical (unpaired) electrons. The van der Waals surface area contributed by atoms with Crippen LogP contribution in [-0.4, -0.2) is 157 Å². The Bertz CT molecular complexity index is 2050. The van der Waals surface area contributed by atoms with Gasteiger partial charge in [0, 0.05) is 51.4 Å². The fraction of sp³-hybridized carbons (Fsp3) is 0.638.